The Morgan fingerprint density at radius 3 is 2.88 bits per heavy atom. The maximum atomic E-state index is 12.8. The Morgan fingerprint density at radius 1 is 1.46 bits per heavy atom. The van der Waals surface area contributed by atoms with E-state index in [9.17, 15) is 18.0 Å². The lowest BCUT2D eigenvalue weighted by Gasteiger charge is -2.47. The van der Waals surface area contributed by atoms with Gasteiger partial charge in [0.05, 0.1) is 28.9 Å². The number of hydrogen-bond acceptors (Lipinski definition) is 3. The van der Waals surface area contributed by atoms with Gasteiger partial charge in [-0.3, -0.25) is 4.79 Å². The van der Waals surface area contributed by atoms with Gasteiger partial charge in [0.15, 0.2) is 0 Å². The molecule has 2 aliphatic rings. The second-order valence-electron chi connectivity index (χ2n) is 6.10. The van der Waals surface area contributed by atoms with E-state index in [0.717, 1.165) is 24.6 Å². The zero-order valence-electron chi connectivity index (χ0n) is 12.9. The SMILES string of the molecule is COC[C@H]1[C@H](NC(=O)c2cc(C(F)(F)F)ccc2Cl)[C@H]2CCO[C@H]21. The van der Waals surface area contributed by atoms with E-state index in [-0.39, 0.29) is 34.6 Å². The minimum Gasteiger partial charge on any atom is -0.384 e. The highest BCUT2D eigenvalue weighted by Crippen LogP contribution is 2.44. The van der Waals surface area contributed by atoms with Crippen LogP contribution in [0.1, 0.15) is 22.3 Å². The predicted octanol–water partition coefficient (Wildman–Crippen LogP) is 3.14. The van der Waals surface area contributed by atoms with Crippen LogP contribution in [0.15, 0.2) is 18.2 Å². The molecule has 132 valence electrons. The lowest BCUT2D eigenvalue weighted by molar-refractivity contribution is -0.137. The second-order valence-corrected chi connectivity index (χ2v) is 6.51. The van der Waals surface area contributed by atoms with Crippen LogP contribution in [0.3, 0.4) is 0 Å². The van der Waals surface area contributed by atoms with Gasteiger partial charge in [0.1, 0.15) is 0 Å². The molecule has 1 aliphatic heterocycles. The molecular formula is C16H17ClF3NO3. The highest BCUT2D eigenvalue weighted by atomic mass is 35.5. The molecule has 24 heavy (non-hydrogen) atoms. The number of rotatable bonds is 4. The minimum atomic E-state index is -4.53. The summed E-state index contributed by atoms with van der Waals surface area (Å²) in [5.74, 6) is -0.447. The molecule has 1 saturated heterocycles. The number of ether oxygens (including phenoxy) is 2. The van der Waals surface area contributed by atoms with Crippen LogP contribution in [0.2, 0.25) is 5.02 Å². The molecule has 8 heteroatoms. The van der Waals surface area contributed by atoms with Crippen molar-refractivity contribution in [1.82, 2.24) is 5.32 Å². The summed E-state index contributed by atoms with van der Waals surface area (Å²) in [5.41, 5.74) is -1.08. The number of benzene rings is 1. The third-order valence-electron chi connectivity index (χ3n) is 4.72. The molecule has 4 nitrogen and oxygen atoms in total. The quantitative estimate of drug-likeness (QED) is 0.894. The molecule has 0 aromatic heterocycles. The standard InChI is InChI=1S/C16H17ClF3NO3/c1-23-7-11-13(9-4-5-24-14(9)11)21-15(22)10-6-8(16(18,19)20)2-3-12(10)17/h2-3,6,9,11,13-14H,4-5,7H2,1H3,(H,21,22)/t9-,11+,13-,14-/m1/s1. The number of alkyl halides is 3. The van der Waals surface area contributed by atoms with E-state index in [1.54, 1.807) is 7.11 Å². The Morgan fingerprint density at radius 2 is 2.21 bits per heavy atom. The summed E-state index contributed by atoms with van der Waals surface area (Å²) < 4.78 is 49.3. The fourth-order valence-electron chi connectivity index (χ4n) is 3.54. The van der Waals surface area contributed by atoms with Crippen molar-refractivity contribution in [2.24, 2.45) is 11.8 Å². The number of fused-ring (bicyclic) bond motifs is 1. The number of hydrogen-bond donors (Lipinski definition) is 1. The zero-order chi connectivity index (χ0) is 17.5. The highest BCUT2D eigenvalue weighted by molar-refractivity contribution is 6.33. The molecule has 1 aromatic carbocycles. The van der Waals surface area contributed by atoms with Crippen molar-refractivity contribution in [3.63, 3.8) is 0 Å². The molecule has 0 bridgehead atoms. The molecule has 1 amide bonds. The molecule has 0 spiro atoms. The van der Waals surface area contributed by atoms with Crippen molar-refractivity contribution in [2.45, 2.75) is 24.7 Å². The van der Waals surface area contributed by atoms with E-state index >= 15 is 0 Å². The van der Waals surface area contributed by atoms with E-state index < -0.39 is 17.6 Å². The number of carbonyl (C=O) groups is 1. The number of methoxy groups -OCH3 is 1. The fraction of sp³-hybridized carbons (Fsp3) is 0.562. The minimum absolute atomic E-state index is 0.00368. The van der Waals surface area contributed by atoms with Crippen molar-refractivity contribution in [1.29, 1.82) is 0 Å². The normalized spacial score (nSPS) is 29.0. The van der Waals surface area contributed by atoms with Gasteiger partial charge >= 0.3 is 6.18 Å². The molecule has 1 aromatic rings. The van der Waals surface area contributed by atoms with E-state index in [0.29, 0.717) is 13.2 Å². The molecule has 3 rings (SSSR count). The van der Waals surface area contributed by atoms with Gasteiger partial charge in [-0.05, 0) is 24.6 Å². The average molecular weight is 364 g/mol. The van der Waals surface area contributed by atoms with Crippen molar-refractivity contribution in [3.8, 4) is 0 Å². The van der Waals surface area contributed by atoms with Gasteiger partial charge in [0.25, 0.3) is 5.91 Å². The molecule has 1 N–H and O–H groups in total. The summed E-state index contributed by atoms with van der Waals surface area (Å²) in [6, 6.07) is 2.55. The number of amides is 1. The molecule has 2 fully saturated rings. The van der Waals surface area contributed by atoms with E-state index in [2.05, 4.69) is 5.32 Å². The van der Waals surface area contributed by atoms with Crippen LogP contribution in [-0.4, -0.2) is 38.4 Å². The summed E-state index contributed by atoms with van der Waals surface area (Å²) in [6.07, 6.45) is -3.68. The van der Waals surface area contributed by atoms with Gasteiger partial charge in [-0.2, -0.15) is 13.2 Å². The van der Waals surface area contributed by atoms with Crippen molar-refractivity contribution >= 4 is 17.5 Å². The number of nitrogens with one attached hydrogen (secondary N) is 1. The van der Waals surface area contributed by atoms with Crippen LogP contribution in [-0.2, 0) is 15.7 Å². The van der Waals surface area contributed by atoms with Gasteiger partial charge in [-0.25, -0.2) is 0 Å². The lowest BCUT2D eigenvalue weighted by Crippen LogP contribution is -2.62. The molecule has 1 aliphatic carbocycles. The first-order chi connectivity index (χ1) is 11.3. The van der Waals surface area contributed by atoms with Crippen LogP contribution in [0.4, 0.5) is 13.2 Å². The van der Waals surface area contributed by atoms with Gasteiger partial charge in [0.2, 0.25) is 0 Å². The zero-order valence-corrected chi connectivity index (χ0v) is 13.7. The first-order valence-electron chi connectivity index (χ1n) is 7.61. The topological polar surface area (TPSA) is 47.6 Å². The first kappa shape index (κ1) is 17.5. The monoisotopic (exact) mass is 363 g/mol. The molecule has 1 heterocycles. The summed E-state index contributed by atoms with van der Waals surface area (Å²) in [5, 5.41) is 2.80. The second kappa shape index (κ2) is 6.54. The Labute approximate surface area is 142 Å². The third-order valence-corrected chi connectivity index (χ3v) is 5.05. The maximum absolute atomic E-state index is 12.8. The highest BCUT2D eigenvalue weighted by Gasteiger charge is 2.54. The van der Waals surface area contributed by atoms with Crippen LogP contribution in [0, 0.1) is 11.8 Å². The first-order valence-corrected chi connectivity index (χ1v) is 7.99. The molecule has 0 radical (unpaired) electrons. The van der Waals surface area contributed by atoms with E-state index in [1.807, 2.05) is 0 Å². The van der Waals surface area contributed by atoms with Crippen LogP contribution in [0.5, 0.6) is 0 Å². The molecule has 0 unspecified atom stereocenters. The van der Waals surface area contributed by atoms with Gasteiger partial charge in [-0.1, -0.05) is 11.6 Å². The van der Waals surface area contributed by atoms with Crippen LogP contribution < -0.4 is 5.32 Å². The Balaban J connectivity index is 1.77. The number of halogens is 4. The fourth-order valence-corrected chi connectivity index (χ4v) is 3.74. The smallest absolute Gasteiger partial charge is 0.384 e. The van der Waals surface area contributed by atoms with Crippen LogP contribution >= 0.6 is 11.6 Å². The Kier molecular flexibility index (Phi) is 4.77. The summed E-state index contributed by atoms with van der Waals surface area (Å²) in [6.45, 7) is 1.04. The third kappa shape index (κ3) is 3.12. The van der Waals surface area contributed by atoms with Crippen LogP contribution in [0.25, 0.3) is 0 Å². The number of carbonyl (C=O) groups excluding carboxylic acids is 1. The van der Waals surface area contributed by atoms with Crippen molar-refractivity contribution < 1.29 is 27.4 Å². The largest absolute Gasteiger partial charge is 0.416 e. The van der Waals surface area contributed by atoms with E-state index in [4.69, 9.17) is 21.1 Å². The molecule has 4 atom stereocenters. The summed E-state index contributed by atoms with van der Waals surface area (Å²) in [4.78, 5) is 12.4. The average Bonchev–Trinajstić information content (AvgIpc) is 2.94. The molecular weight excluding hydrogens is 347 g/mol. The van der Waals surface area contributed by atoms with Gasteiger partial charge in [0, 0.05) is 31.6 Å². The summed E-state index contributed by atoms with van der Waals surface area (Å²) >= 11 is 5.92. The Hall–Kier alpha value is -1.31. The lowest BCUT2D eigenvalue weighted by atomic mass is 9.67. The molecule has 1 saturated carbocycles. The maximum Gasteiger partial charge on any atom is 0.416 e. The van der Waals surface area contributed by atoms with Crippen molar-refractivity contribution in [2.75, 3.05) is 20.3 Å². The van der Waals surface area contributed by atoms with E-state index in [1.165, 1.54) is 0 Å². The summed E-state index contributed by atoms with van der Waals surface area (Å²) in [7, 11) is 1.56. The van der Waals surface area contributed by atoms with Gasteiger partial charge < -0.3 is 14.8 Å². The Bertz CT molecular complexity index is 637. The van der Waals surface area contributed by atoms with Gasteiger partial charge in [-0.15, -0.1) is 0 Å². The predicted molar refractivity (Wildman–Crippen MR) is 80.9 cm³/mol. The van der Waals surface area contributed by atoms with Crippen molar-refractivity contribution in [3.05, 3.63) is 34.3 Å².